The van der Waals surface area contributed by atoms with Gasteiger partial charge in [0.15, 0.2) is 0 Å². The number of carbonyl (C=O) groups excluding carboxylic acids is 1. The van der Waals surface area contributed by atoms with Gasteiger partial charge in [-0.05, 0) is 25.0 Å². The number of rotatable bonds is 3. The van der Waals surface area contributed by atoms with Gasteiger partial charge < -0.3 is 10.6 Å². The molecule has 0 unspecified atom stereocenters. The summed E-state index contributed by atoms with van der Waals surface area (Å²) in [6.45, 7) is 1.98. The van der Waals surface area contributed by atoms with E-state index in [1.165, 1.54) is 0 Å². The number of carbonyl (C=O) groups is 1. The normalized spacial score (nSPS) is 16.9. The number of nitrogens with one attached hydrogen (secondary N) is 2. The Kier molecular flexibility index (Phi) is 2.34. The standard InChI is InChI=1S/C11H15N3O/c1-11(5-6-11)10(15)14-8-3-4-9(12-2)13-7-8/h3-4,7H,5-6H2,1-2H3,(H,12,13)(H,14,15). The van der Waals surface area contributed by atoms with Crippen molar-refractivity contribution in [3.63, 3.8) is 0 Å². The summed E-state index contributed by atoms with van der Waals surface area (Å²) in [6.07, 6.45) is 3.64. The minimum absolute atomic E-state index is 0.0986. The minimum atomic E-state index is -0.137. The van der Waals surface area contributed by atoms with Crippen LogP contribution in [0.4, 0.5) is 11.5 Å². The lowest BCUT2D eigenvalue weighted by Crippen LogP contribution is -2.21. The summed E-state index contributed by atoms with van der Waals surface area (Å²) in [6, 6.07) is 3.69. The van der Waals surface area contributed by atoms with Gasteiger partial charge in [-0.15, -0.1) is 0 Å². The lowest BCUT2D eigenvalue weighted by molar-refractivity contribution is -0.120. The molecule has 15 heavy (non-hydrogen) atoms. The van der Waals surface area contributed by atoms with E-state index in [1.54, 1.807) is 6.20 Å². The fraction of sp³-hybridized carbons (Fsp3) is 0.455. The molecule has 1 heterocycles. The third kappa shape index (κ3) is 2.09. The van der Waals surface area contributed by atoms with Crippen LogP contribution in [-0.4, -0.2) is 17.9 Å². The molecule has 80 valence electrons. The van der Waals surface area contributed by atoms with Crippen molar-refractivity contribution in [1.29, 1.82) is 0 Å². The van der Waals surface area contributed by atoms with Gasteiger partial charge in [0.05, 0.1) is 11.9 Å². The van der Waals surface area contributed by atoms with Gasteiger partial charge in [-0.25, -0.2) is 4.98 Å². The van der Waals surface area contributed by atoms with Gasteiger partial charge in [0.25, 0.3) is 0 Å². The molecule has 0 spiro atoms. The van der Waals surface area contributed by atoms with Gasteiger partial charge >= 0.3 is 0 Å². The van der Waals surface area contributed by atoms with E-state index in [4.69, 9.17) is 0 Å². The zero-order valence-electron chi connectivity index (χ0n) is 9.00. The van der Waals surface area contributed by atoms with E-state index in [-0.39, 0.29) is 11.3 Å². The molecule has 1 aliphatic rings. The van der Waals surface area contributed by atoms with E-state index in [1.807, 2.05) is 26.1 Å². The zero-order chi connectivity index (χ0) is 10.9. The van der Waals surface area contributed by atoms with Crippen molar-refractivity contribution in [2.24, 2.45) is 5.41 Å². The van der Waals surface area contributed by atoms with Crippen molar-refractivity contribution < 1.29 is 4.79 Å². The zero-order valence-corrected chi connectivity index (χ0v) is 9.00. The van der Waals surface area contributed by atoms with Crippen LogP contribution in [0.25, 0.3) is 0 Å². The van der Waals surface area contributed by atoms with Crippen molar-refractivity contribution >= 4 is 17.4 Å². The first-order valence-electron chi connectivity index (χ1n) is 5.09. The van der Waals surface area contributed by atoms with E-state index in [9.17, 15) is 4.79 Å². The lowest BCUT2D eigenvalue weighted by Gasteiger charge is -2.09. The number of aromatic nitrogens is 1. The monoisotopic (exact) mass is 205 g/mol. The smallest absolute Gasteiger partial charge is 0.230 e. The van der Waals surface area contributed by atoms with Crippen LogP contribution >= 0.6 is 0 Å². The predicted octanol–water partition coefficient (Wildman–Crippen LogP) is 1.86. The molecule has 1 saturated carbocycles. The Bertz CT molecular complexity index is 368. The fourth-order valence-electron chi connectivity index (χ4n) is 1.31. The summed E-state index contributed by atoms with van der Waals surface area (Å²) < 4.78 is 0. The Labute approximate surface area is 89.1 Å². The molecule has 2 rings (SSSR count). The second-order valence-corrected chi connectivity index (χ2v) is 4.20. The maximum atomic E-state index is 11.7. The summed E-state index contributed by atoms with van der Waals surface area (Å²) in [4.78, 5) is 15.8. The van der Waals surface area contributed by atoms with Gasteiger partial charge in [0, 0.05) is 12.5 Å². The van der Waals surface area contributed by atoms with Crippen molar-refractivity contribution in [3.05, 3.63) is 18.3 Å². The number of amides is 1. The van der Waals surface area contributed by atoms with E-state index in [0.717, 1.165) is 24.3 Å². The van der Waals surface area contributed by atoms with Gasteiger partial charge in [0.1, 0.15) is 5.82 Å². The second kappa shape index (κ2) is 3.53. The summed E-state index contributed by atoms with van der Waals surface area (Å²) in [5.41, 5.74) is 0.619. The van der Waals surface area contributed by atoms with Gasteiger partial charge in [-0.2, -0.15) is 0 Å². The fourth-order valence-corrected chi connectivity index (χ4v) is 1.31. The Morgan fingerprint density at radius 3 is 2.67 bits per heavy atom. The molecule has 0 saturated heterocycles. The highest BCUT2D eigenvalue weighted by atomic mass is 16.2. The molecule has 0 atom stereocenters. The highest BCUT2D eigenvalue weighted by Gasteiger charge is 2.44. The first-order valence-corrected chi connectivity index (χ1v) is 5.09. The van der Waals surface area contributed by atoms with Crippen LogP contribution in [-0.2, 0) is 4.79 Å². The molecule has 0 aromatic carbocycles. The average Bonchev–Trinajstić information content (AvgIpc) is 2.99. The molecule has 1 aliphatic carbocycles. The van der Waals surface area contributed by atoms with Crippen LogP contribution in [0, 0.1) is 5.41 Å². The van der Waals surface area contributed by atoms with Crippen molar-refractivity contribution in [2.75, 3.05) is 17.7 Å². The molecule has 0 bridgehead atoms. The van der Waals surface area contributed by atoms with E-state index < -0.39 is 0 Å². The van der Waals surface area contributed by atoms with Crippen LogP contribution in [0.5, 0.6) is 0 Å². The van der Waals surface area contributed by atoms with Crippen molar-refractivity contribution in [1.82, 2.24) is 4.98 Å². The molecule has 0 radical (unpaired) electrons. The van der Waals surface area contributed by atoms with Crippen LogP contribution < -0.4 is 10.6 Å². The second-order valence-electron chi connectivity index (χ2n) is 4.20. The molecular weight excluding hydrogens is 190 g/mol. The third-order valence-corrected chi connectivity index (χ3v) is 2.83. The van der Waals surface area contributed by atoms with Crippen LogP contribution in [0.15, 0.2) is 18.3 Å². The Hall–Kier alpha value is -1.58. The van der Waals surface area contributed by atoms with Crippen LogP contribution in [0.1, 0.15) is 19.8 Å². The summed E-state index contributed by atoms with van der Waals surface area (Å²) in [7, 11) is 1.81. The maximum Gasteiger partial charge on any atom is 0.230 e. The SMILES string of the molecule is CNc1ccc(NC(=O)C2(C)CC2)cn1. The molecule has 1 aromatic rings. The molecular formula is C11H15N3O. The first kappa shape index (κ1) is 9.96. The maximum absolute atomic E-state index is 11.7. The summed E-state index contributed by atoms with van der Waals surface area (Å²) in [5, 5.41) is 5.79. The van der Waals surface area contributed by atoms with Gasteiger partial charge in [-0.1, -0.05) is 6.92 Å². The van der Waals surface area contributed by atoms with Crippen molar-refractivity contribution in [3.8, 4) is 0 Å². The molecule has 0 aliphatic heterocycles. The molecule has 1 amide bonds. The Morgan fingerprint density at radius 1 is 1.47 bits per heavy atom. The van der Waals surface area contributed by atoms with Gasteiger partial charge in [-0.3, -0.25) is 4.79 Å². The Balaban J connectivity index is 2.01. The highest BCUT2D eigenvalue weighted by Crippen LogP contribution is 2.45. The number of anilines is 2. The predicted molar refractivity (Wildman–Crippen MR) is 59.8 cm³/mol. The van der Waals surface area contributed by atoms with E-state index >= 15 is 0 Å². The number of hydrogen-bond donors (Lipinski definition) is 2. The summed E-state index contributed by atoms with van der Waals surface area (Å²) in [5.74, 6) is 0.896. The largest absolute Gasteiger partial charge is 0.373 e. The average molecular weight is 205 g/mol. The van der Waals surface area contributed by atoms with Gasteiger partial charge in [0.2, 0.25) is 5.91 Å². The number of pyridine rings is 1. The third-order valence-electron chi connectivity index (χ3n) is 2.83. The number of hydrogen-bond acceptors (Lipinski definition) is 3. The summed E-state index contributed by atoms with van der Waals surface area (Å²) >= 11 is 0. The molecule has 4 nitrogen and oxygen atoms in total. The highest BCUT2D eigenvalue weighted by molar-refractivity contribution is 5.96. The van der Waals surface area contributed by atoms with Crippen LogP contribution in [0.3, 0.4) is 0 Å². The molecule has 1 fully saturated rings. The van der Waals surface area contributed by atoms with E-state index in [2.05, 4.69) is 15.6 Å². The lowest BCUT2D eigenvalue weighted by atomic mass is 10.1. The van der Waals surface area contributed by atoms with Crippen LogP contribution in [0.2, 0.25) is 0 Å². The Morgan fingerprint density at radius 2 is 2.20 bits per heavy atom. The molecule has 2 N–H and O–H groups in total. The topological polar surface area (TPSA) is 54.0 Å². The first-order chi connectivity index (χ1) is 7.14. The quantitative estimate of drug-likeness (QED) is 0.792. The van der Waals surface area contributed by atoms with E-state index in [0.29, 0.717) is 0 Å². The van der Waals surface area contributed by atoms with Crippen molar-refractivity contribution in [2.45, 2.75) is 19.8 Å². The minimum Gasteiger partial charge on any atom is -0.373 e. The molecule has 4 heteroatoms. The number of nitrogens with zero attached hydrogens (tertiary/aromatic N) is 1. The molecule has 1 aromatic heterocycles.